The summed E-state index contributed by atoms with van der Waals surface area (Å²) < 4.78 is 22.4. The number of halogens is 1. The van der Waals surface area contributed by atoms with Crippen LogP contribution in [0, 0.1) is 5.41 Å². The number of hydrogen-bond acceptors (Lipinski definition) is 3. The highest BCUT2D eigenvalue weighted by Gasteiger charge is 2.28. The van der Waals surface area contributed by atoms with Crippen molar-refractivity contribution in [2.45, 2.75) is 39.5 Å². The Morgan fingerprint density at radius 3 is 2.00 bits per heavy atom. The Kier molecular flexibility index (Phi) is 8.72. The second kappa shape index (κ2) is 8.54. The van der Waals surface area contributed by atoms with Gasteiger partial charge in [-0.3, -0.25) is 0 Å². The highest BCUT2D eigenvalue weighted by atomic mass is 79.9. The van der Waals surface area contributed by atoms with E-state index in [2.05, 4.69) is 34.7 Å². The minimum Gasteiger partial charge on any atom is -0.305 e. The molecule has 0 rings (SSSR count). The van der Waals surface area contributed by atoms with Crippen LogP contribution in [-0.4, -0.2) is 50.8 Å². The summed E-state index contributed by atoms with van der Waals surface area (Å²) in [6.45, 7) is 6.02. The predicted octanol–water partition coefficient (Wildman–Crippen LogP) is 2.94. The summed E-state index contributed by atoms with van der Waals surface area (Å²) in [6, 6.07) is 0. The average Bonchev–Trinajstić information content (AvgIpc) is 2.26. The van der Waals surface area contributed by atoms with Crippen molar-refractivity contribution in [2.24, 2.45) is 5.41 Å². The van der Waals surface area contributed by atoms with E-state index < -0.39 is 9.84 Å². The van der Waals surface area contributed by atoms with Gasteiger partial charge in [0.2, 0.25) is 0 Å². The number of hydrogen-bond donors (Lipinski definition) is 0. The number of alkyl halides is 1. The molecule has 0 amide bonds. The van der Waals surface area contributed by atoms with Gasteiger partial charge in [0.15, 0.2) is 0 Å². The van der Waals surface area contributed by atoms with Gasteiger partial charge in [0, 0.05) is 24.7 Å². The smallest absolute Gasteiger partial charge is 0.148 e. The van der Waals surface area contributed by atoms with Gasteiger partial charge in [-0.25, -0.2) is 8.42 Å². The molecule has 0 fully saturated rings. The zero-order valence-electron chi connectivity index (χ0n) is 12.2. The van der Waals surface area contributed by atoms with E-state index in [1.807, 2.05) is 7.05 Å². The molecule has 18 heavy (non-hydrogen) atoms. The Hall–Kier alpha value is 0.390. The summed E-state index contributed by atoms with van der Waals surface area (Å²) in [5.41, 5.74) is 0.287. The molecule has 0 aliphatic carbocycles. The number of nitrogens with zero attached hydrogens (tertiary/aromatic N) is 1. The Morgan fingerprint density at radius 2 is 1.67 bits per heavy atom. The third-order valence-electron chi connectivity index (χ3n) is 3.29. The third-order valence-corrected chi connectivity index (χ3v) is 5.41. The van der Waals surface area contributed by atoms with E-state index in [9.17, 15) is 8.42 Å². The summed E-state index contributed by atoms with van der Waals surface area (Å²) in [7, 11) is -0.838. The lowest BCUT2D eigenvalue weighted by atomic mass is 9.81. The molecule has 0 saturated carbocycles. The quantitative estimate of drug-likeness (QED) is 0.573. The highest BCUT2D eigenvalue weighted by Crippen LogP contribution is 2.32. The maximum atomic E-state index is 11.2. The molecule has 110 valence electrons. The average molecular weight is 342 g/mol. The van der Waals surface area contributed by atoms with E-state index in [0.29, 0.717) is 6.54 Å². The second-order valence-corrected chi connectivity index (χ2v) is 8.32. The van der Waals surface area contributed by atoms with Gasteiger partial charge in [0.1, 0.15) is 9.84 Å². The first-order chi connectivity index (χ1) is 8.28. The Labute approximate surface area is 121 Å². The molecular formula is C13H28BrNO2S. The van der Waals surface area contributed by atoms with Crippen LogP contribution < -0.4 is 0 Å². The zero-order chi connectivity index (χ0) is 14.2. The molecule has 0 aromatic rings. The standard InChI is InChI=1S/C13H28BrNO2S/c1-5-7-13(11-14,8-6-2)12-15(3)9-10-18(4,16)17/h5-12H2,1-4H3. The van der Waals surface area contributed by atoms with Gasteiger partial charge < -0.3 is 4.90 Å². The topological polar surface area (TPSA) is 37.4 Å². The van der Waals surface area contributed by atoms with Crippen LogP contribution >= 0.6 is 15.9 Å². The van der Waals surface area contributed by atoms with Crippen molar-refractivity contribution in [3.8, 4) is 0 Å². The predicted molar refractivity (Wildman–Crippen MR) is 83.3 cm³/mol. The molecule has 0 aromatic heterocycles. The molecule has 5 heteroatoms. The SMILES string of the molecule is CCCC(CBr)(CCC)CN(C)CCS(C)(=O)=O. The summed E-state index contributed by atoms with van der Waals surface area (Å²) in [6.07, 6.45) is 6.03. The van der Waals surface area contributed by atoms with E-state index in [0.717, 1.165) is 11.9 Å². The lowest BCUT2D eigenvalue weighted by molar-refractivity contribution is 0.176. The molecule has 0 aromatic carbocycles. The fourth-order valence-electron chi connectivity index (χ4n) is 2.49. The van der Waals surface area contributed by atoms with Crippen LogP contribution in [0.3, 0.4) is 0 Å². The summed E-state index contributed by atoms with van der Waals surface area (Å²) in [5.74, 6) is 0.250. The van der Waals surface area contributed by atoms with Crippen LogP contribution in [0.1, 0.15) is 39.5 Å². The van der Waals surface area contributed by atoms with Crippen molar-refractivity contribution in [3.63, 3.8) is 0 Å². The van der Waals surface area contributed by atoms with Gasteiger partial charge in [0.05, 0.1) is 5.75 Å². The second-order valence-electron chi connectivity index (χ2n) is 5.50. The van der Waals surface area contributed by atoms with Crippen LogP contribution in [-0.2, 0) is 9.84 Å². The summed E-state index contributed by atoms with van der Waals surface area (Å²) in [5, 5.41) is 0.991. The van der Waals surface area contributed by atoms with Crippen LogP contribution in [0.2, 0.25) is 0 Å². The molecule has 3 nitrogen and oxygen atoms in total. The van der Waals surface area contributed by atoms with Gasteiger partial charge in [-0.15, -0.1) is 0 Å². The Bertz CT molecular complexity index is 311. The molecule has 0 heterocycles. The number of rotatable bonds is 10. The van der Waals surface area contributed by atoms with Gasteiger partial charge in [0.25, 0.3) is 0 Å². The summed E-state index contributed by atoms with van der Waals surface area (Å²) in [4.78, 5) is 2.16. The van der Waals surface area contributed by atoms with E-state index >= 15 is 0 Å². The molecule has 0 unspecified atom stereocenters. The molecule has 0 N–H and O–H groups in total. The first-order valence-corrected chi connectivity index (χ1v) is 9.89. The maximum Gasteiger partial charge on any atom is 0.148 e. The van der Waals surface area contributed by atoms with Crippen molar-refractivity contribution in [1.29, 1.82) is 0 Å². The minimum atomic E-state index is -2.86. The van der Waals surface area contributed by atoms with Gasteiger partial charge in [-0.05, 0) is 25.3 Å². The fourth-order valence-corrected chi connectivity index (χ4v) is 3.87. The first-order valence-electron chi connectivity index (χ1n) is 6.71. The van der Waals surface area contributed by atoms with Gasteiger partial charge in [-0.2, -0.15) is 0 Å². The van der Waals surface area contributed by atoms with Crippen molar-refractivity contribution in [2.75, 3.05) is 37.5 Å². The Balaban J connectivity index is 4.46. The normalized spacial score (nSPS) is 13.2. The molecule has 0 bridgehead atoms. The van der Waals surface area contributed by atoms with Crippen LogP contribution in [0.5, 0.6) is 0 Å². The fraction of sp³-hybridized carbons (Fsp3) is 1.00. The maximum absolute atomic E-state index is 11.2. The monoisotopic (exact) mass is 341 g/mol. The highest BCUT2D eigenvalue weighted by molar-refractivity contribution is 9.09. The van der Waals surface area contributed by atoms with Crippen LogP contribution in [0.25, 0.3) is 0 Å². The zero-order valence-corrected chi connectivity index (χ0v) is 14.6. The number of sulfone groups is 1. The lowest BCUT2D eigenvalue weighted by Gasteiger charge is -2.35. The van der Waals surface area contributed by atoms with Crippen LogP contribution in [0.4, 0.5) is 0 Å². The van der Waals surface area contributed by atoms with Crippen molar-refractivity contribution >= 4 is 25.8 Å². The lowest BCUT2D eigenvalue weighted by Crippen LogP contribution is -2.39. The molecule has 0 aliphatic heterocycles. The van der Waals surface area contributed by atoms with E-state index in [1.54, 1.807) is 0 Å². The molecule has 0 spiro atoms. The van der Waals surface area contributed by atoms with Crippen molar-refractivity contribution < 1.29 is 8.42 Å². The van der Waals surface area contributed by atoms with Gasteiger partial charge >= 0.3 is 0 Å². The summed E-state index contributed by atoms with van der Waals surface area (Å²) >= 11 is 3.65. The van der Waals surface area contributed by atoms with Crippen molar-refractivity contribution in [1.82, 2.24) is 4.90 Å². The van der Waals surface area contributed by atoms with E-state index in [-0.39, 0.29) is 11.2 Å². The van der Waals surface area contributed by atoms with Gasteiger partial charge in [-0.1, -0.05) is 42.6 Å². The molecule has 0 radical (unpaired) electrons. The molecule has 0 aliphatic rings. The van der Waals surface area contributed by atoms with E-state index in [4.69, 9.17) is 0 Å². The molecule has 0 atom stereocenters. The molecule has 0 saturated heterocycles. The minimum absolute atomic E-state index is 0.250. The first kappa shape index (κ1) is 18.4. The Morgan fingerprint density at radius 1 is 1.17 bits per heavy atom. The largest absolute Gasteiger partial charge is 0.305 e. The van der Waals surface area contributed by atoms with Crippen LogP contribution in [0.15, 0.2) is 0 Å². The third kappa shape index (κ3) is 7.74. The molecular weight excluding hydrogens is 314 g/mol. The van der Waals surface area contributed by atoms with E-state index in [1.165, 1.54) is 31.9 Å². The van der Waals surface area contributed by atoms with Crippen molar-refractivity contribution in [3.05, 3.63) is 0 Å².